The summed E-state index contributed by atoms with van der Waals surface area (Å²) in [5.74, 6) is -2.18. The Morgan fingerprint density at radius 3 is 2.65 bits per heavy atom. The number of aliphatic hydroxyl groups is 1. The van der Waals surface area contributed by atoms with Gasteiger partial charge in [-0.1, -0.05) is 35.6 Å². The van der Waals surface area contributed by atoms with E-state index in [1.165, 1.54) is 51.8 Å². The van der Waals surface area contributed by atoms with Crippen LogP contribution >= 0.6 is 22.7 Å². The predicted octanol–water partition coefficient (Wildman–Crippen LogP) is 5.59. The van der Waals surface area contributed by atoms with E-state index in [4.69, 9.17) is 0 Å². The van der Waals surface area contributed by atoms with E-state index >= 15 is 0 Å². The molecule has 5 nitrogen and oxygen atoms in total. The average Bonchev–Trinajstić information content (AvgIpc) is 3.47. The number of halogens is 1. The SMILES string of the molecule is Cc1ccc2nc(N3C(=O)C(O)=C(C(=O)c4cccs4)C3c3ccc(F)cc3)sc2c1. The summed E-state index contributed by atoms with van der Waals surface area (Å²) < 4.78 is 14.5. The van der Waals surface area contributed by atoms with Gasteiger partial charge in [-0.3, -0.25) is 14.5 Å². The number of amides is 1. The molecular weight excluding hydrogens is 435 g/mol. The third-order valence-electron chi connectivity index (χ3n) is 5.12. The lowest BCUT2D eigenvalue weighted by Crippen LogP contribution is -2.30. The van der Waals surface area contributed by atoms with Crippen molar-refractivity contribution < 1.29 is 19.1 Å². The molecule has 0 spiro atoms. The summed E-state index contributed by atoms with van der Waals surface area (Å²) in [4.78, 5) is 32.7. The first-order valence-electron chi connectivity index (χ1n) is 9.41. The van der Waals surface area contributed by atoms with Crippen LogP contribution in [-0.4, -0.2) is 21.8 Å². The molecule has 31 heavy (non-hydrogen) atoms. The average molecular weight is 451 g/mol. The second kappa shape index (κ2) is 7.40. The quantitative estimate of drug-likeness (QED) is 0.412. The minimum Gasteiger partial charge on any atom is -0.503 e. The molecule has 0 aliphatic carbocycles. The standard InChI is InChI=1S/C23H15FN2O3S2/c1-12-4-9-15-17(11-12)31-23(25-15)26-19(13-5-7-14(24)8-6-13)18(21(28)22(26)29)20(27)16-3-2-10-30-16/h2-11,19,28H,1H3. The lowest BCUT2D eigenvalue weighted by molar-refractivity contribution is -0.117. The van der Waals surface area contributed by atoms with Gasteiger partial charge in [0.15, 0.2) is 10.9 Å². The van der Waals surface area contributed by atoms with Crippen LogP contribution in [0.5, 0.6) is 0 Å². The number of thiophene rings is 1. The van der Waals surface area contributed by atoms with Crippen molar-refractivity contribution in [2.45, 2.75) is 13.0 Å². The van der Waals surface area contributed by atoms with Gasteiger partial charge in [-0.25, -0.2) is 9.37 Å². The normalized spacial score (nSPS) is 16.5. The summed E-state index contributed by atoms with van der Waals surface area (Å²) >= 11 is 2.53. The third-order valence-corrected chi connectivity index (χ3v) is 7.01. The number of hydrogen-bond acceptors (Lipinski definition) is 6. The molecule has 4 aromatic rings. The molecule has 1 aliphatic rings. The maximum atomic E-state index is 13.6. The van der Waals surface area contributed by atoms with E-state index in [0.29, 0.717) is 21.1 Å². The van der Waals surface area contributed by atoms with Gasteiger partial charge in [0.05, 0.1) is 26.7 Å². The zero-order valence-electron chi connectivity index (χ0n) is 16.2. The monoisotopic (exact) mass is 450 g/mol. The largest absolute Gasteiger partial charge is 0.503 e. The Morgan fingerprint density at radius 1 is 1.16 bits per heavy atom. The summed E-state index contributed by atoms with van der Waals surface area (Å²) in [5, 5.41) is 12.9. The molecule has 1 amide bonds. The Balaban J connectivity index is 1.68. The second-order valence-corrected chi connectivity index (χ2v) is 9.12. The van der Waals surface area contributed by atoms with Crippen LogP contribution in [0.2, 0.25) is 0 Å². The molecule has 3 heterocycles. The van der Waals surface area contributed by atoms with Gasteiger partial charge in [0, 0.05) is 0 Å². The topological polar surface area (TPSA) is 70.5 Å². The molecule has 0 bridgehead atoms. The molecule has 1 atom stereocenters. The van der Waals surface area contributed by atoms with E-state index in [0.717, 1.165) is 10.3 Å². The van der Waals surface area contributed by atoms with Gasteiger partial charge in [0.25, 0.3) is 5.91 Å². The highest BCUT2D eigenvalue weighted by atomic mass is 32.1. The number of hydrogen-bond donors (Lipinski definition) is 1. The fourth-order valence-electron chi connectivity index (χ4n) is 3.66. The van der Waals surface area contributed by atoms with Gasteiger partial charge in [0.2, 0.25) is 5.78 Å². The van der Waals surface area contributed by atoms with Crippen molar-refractivity contribution in [3.63, 3.8) is 0 Å². The summed E-state index contributed by atoms with van der Waals surface area (Å²) in [5.41, 5.74) is 2.25. The fraction of sp³-hybridized carbons (Fsp3) is 0.0870. The van der Waals surface area contributed by atoms with Gasteiger partial charge in [-0.15, -0.1) is 11.3 Å². The van der Waals surface area contributed by atoms with E-state index in [2.05, 4.69) is 4.98 Å². The number of aromatic nitrogens is 1. The minimum atomic E-state index is -0.913. The van der Waals surface area contributed by atoms with Gasteiger partial charge in [-0.2, -0.15) is 0 Å². The van der Waals surface area contributed by atoms with Crippen molar-refractivity contribution in [2.75, 3.05) is 4.90 Å². The Kier molecular flexibility index (Phi) is 4.68. The first kappa shape index (κ1) is 19.6. The molecule has 2 aromatic heterocycles. The first-order valence-corrected chi connectivity index (χ1v) is 11.1. The summed E-state index contributed by atoms with van der Waals surface area (Å²) in [6, 6.07) is 13.8. The second-order valence-electron chi connectivity index (χ2n) is 7.17. The van der Waals surface area contributed by atoms with Gasteiger partial charge >= 0.3 is 0 Å². The van der Waals surface area contributed by atoms with Crippen LogP contribution in [0, 0.1) is 12.7 Å². The van der Waals surface area contributed by atoms with E-state index in [1.54, 1.807) is 17.5 Å². The molecule has 0 saturated carbocycles. The Morgan fingerprint density at radius 2 is 1.94 bits per heavy atom. The van der Waals surface area contributed by atoms with Crippen LogP contribution in [0.4, 0.5) is 9.52 Å². The number of fused-ring (bicyclic) bond motifs is 1. The highest BCUT2D eigenvalue weighted by Crippen LogP contribution is 2.44. The van der Waals surface area contributed by atoms with Crippen LogP contribution in [-0.2, 0) is 4.79 Å². The van der Waals surface area contributed by atoms with Crippen LogP contribution in [0.1, 0.15) is 26.8 Å². The maximum absolute atomic E-state index is 13.6. The highest BCUT2D eigenvalue weighted by Gasteiger charge is 2.46. The summed E-state index contributed by atoms with van der Waals surface area (Å²) in [7, 11) is 0. The molecule has 2 aromatic carbocycles. The number of nitrogens with zero attached hydrogens (tertiary/aromatic N) is 2. The highest BCUT2D eigenvalue weighted by molar-refractivity contribution is 7.22. The molecule has 1 N–H and O–H groups in total. The summed E-state index contributed by atoms with van der Waals surface area (Å²) in [6.07, 6.45) is 0. The van der Waals surface area contributed by atoms with Crippen molar-refractivity contribution in [2.24, 2.45) is 0 Å². The first-order chi connectivity index (χ1) is 14.9. The molecule has 8 heteroatoms. The van der Waals surface area contributed by atoms with Crippen LogP contribution < -0.4 is 4.90 Å². The van der Waals surface area contributed by atoms with Crippen molar-refractivity contribution >= 4 is 49.7 Å². The zero-order valence-corrected chi connectivity index (χ0v) is 17.8. The fourth-order valence-corrected chi connectivity index (χ4v) is 5.43. The van der Waals surface area contributed by atoms with Crippen LogP contribution in [0.3, 0.4) is 0 Å². The molecule has 0 fully saturated rings. The molecule has 0 radical (unpaired) electrons. The number of anilines is 1. The number of aryl methyl sites for hydroxylation is 1. The van der Waals surface area contributed by atoms with Crippen LogP contribution in [0.15, 0.2) is 71.3 Å². The van der Waals surface area contributed by atoms with E-state index in [9.17, 15) is 19.1 Å². The third kappa shape index (κ3) is 3.24. The van der Waals surface area contributed by atoms with Gasteiger partial charge in [0.1, 0.15) is 5.82 Å². The molecule has 5 rings (SSSR count). The van der Waals surface area contributed by atoms with Crippen molar-refractivity contribution in [3.8, 4) is 0 Å². The minimum absolute atomic E-state index is 0.0329. The number of carbonyl (C=O) groups is 2. The van der Waals surface area contributed by atoms with E-state index in [-0.39, 0.29) is 5.57 Å². The van der Waals surface area contributed by atoms with Crippen molar-refractivity contribution in [1.82, 2.24) is 4.98 Å². The van der Waals surface area contributed by atoms with Crippen LogP contribution in [0.25, 0.3) is 10.2 Å². The van der Waals surface area contributed by atoms with Crippen molar-refractivity contribution in [1.29, 1.82) is 0 Å². The number of benzene rings is 2. The van der Waals surface area contributed by atoms with E-state index in [1.807, 2.05) is 25.1 Å². The molecule has 154 valence electrons. The number of carbonyl (C=O) groups excluding carboxylic acids is 2. The smallest absolute Gasteiger partial charge is 0.296 e. The zero-order chi connectivity index (χ0) is 21.7. The lowest BCUT2D eigenvalue weighted by Gasteiger charge is -2.24. The molecule has 1 aliphatic heterocycles. The number of rotatable bonds is 4. The molecule has 0 saturated heterocycles. The Bertz CT molecular complexity index is 1360. The number of thiazole rings is 1. The Hall–Kier alpha value is -3.36. The van der Waals surface area contributed by atoms with Gasteiger partial charge < -0.3 is 5.11 Å². The predicted molar refractivity (Wildman–Crippen MR) is 119 cm³/mol. The Labute approximate surface area is 184 Å². The number of ketones is 1. The van der Waals surface area contributed by atoms with Gasteiger partial charge in [-0.05, 0) is 53.8 Å². The lowest BCUT2D eigenvalue weighted by atomic mass is 9.95. The van der Waals surface area contributed by atoms with E-state index < -0.39 is 29.3 Å². The number of aliphatic hydroxyl groups excluding tert-OH is 1. The summed E-state index contributed by atoms with van der Waals surface area (Å²) in [6.45, 7) is 1.96. The number of Topliss-reactive ketones (excluding diaryl/α,β-unsaturated/α-hetero) is 1. The molecular formula is C23H15FN2O3S2. The maximum Gasteiger partial charge on any atom is 0.296 e. The molecule has 1 unspecified atom stereocenters. The van der Waals surface area contributed by atoms with Crippen molar-refractivity contribution in [3.05, 3.63) is 93.1 Å².